The lowest BCUT2D eigenvalue weighted by molar-refractivity contribution is -0.144. The minimum Gasteiger partial charge on any atom is -0.334 e. The number of piperazine rings is 1. The van der Waals surface area contributed by atoms with Crippen LogP contribution in [0, 0.1) is 11.8 Å². The van der Waals surface area contributed by atoms with Crippen LogP contribution >= 0.6 is 0 Å². The summed E-state index contributed by atoms with van der Waals surface area (Å²) >= 11 is 0. The Morgan fingerprint density at radius 1 is 1.33 bits per heavy atom. The lowest BCUT2D eigenvalue weighted by Crippen LogP contribution is -2.65. The highest BCUT2D eigenvalue weighted by Crippen LogP contribution is 2.25. The predicted molar refractivity (Wildman–Crippen MR) is 76.5 cm³/mol. The summed E-state index contributed by atoms with van der Waals surface area (Å²) in [6, 6.07) is 0.427. The molecule has 1 N–H and O–H groups in total. The lowest BCUT2D eigenvalue weighted by atomic mass is 9.90. The Balaban J connectivity index is 2.84. The van der Waals surface area contributed by atoms with Crippen molar-refractivity contribution in [1.82, 2.24) is 10.2 Å². The molecule has 1 aliphatic rings. The molecule has 1 heterocycles. The third-order valence-electron chi connectivity index (χ3n) is 4.31. The van der Waals surface area contributed by atoms with Gasteiger partial charge in [-0.05, 0) is 32.6 Å². The van der Waals surface area contributed by atoms with Gasteiger partial charge in [0.05, 0.1) is 0 Å². The number of hydrogen-bond donors (Lipinski definition) is 1. The normalized spacial score (nSPS) is 23.8. The highest BCUT2D eigenvalue weighted by atomic mass is 16.2. The number of carbonyl (C=O) groups excluding carboxylic acids is 1. The van der Waals surface area contributed by atoms with Gasteiger partial charge in [0.25, 0.3) is 0 Å². The average molecular weight is 254 g/mol. The molecule has 0 spiro atoms. The molecule has 0 aromatic carbocycles. The van der Waals surface area contributed by atoms with Crippen LogP contribution in [-0.2, 0) is 4.79 Å². The van der Waals surface area contributed by atoms with E-state index >= 15 is 0 Å². The van der Waals surface area contributed by atoms with Gasteiger partial charge in [-0.1, -0.05) is 27.7 Å². The van der Waals surface area contributed by atoms with Gasteiger partial charge >= 0.3 is 0 Å². The van der Waals surface area contributed by atoms with Crippen LogP contribution in [0.15, 0.2) is 0 Å². The highest BCUT2D eigenvalue weighted by Gasteiger charge is 2.39. The Kier molecular flexibility index (Phi) is 5.20. The van der Waals surface area contributed by atoms with E-state index < -0.39 is 0 Å². The van der Waals surface area contributed by atoms with Crippen molar-refractivity contribution in [2.45, 2.75) is 66.0 Å². The monoisotopic (exact) mass is 254 g/mol. The SMILES string of the molecule is CCC(CC)C(=O)N1CC(C(C)C)NCC1(C)C. The summed E-state index contributed by atoms with van der Waals surface area (Å²) < 4.78 is 0. The minimum absolute atomic E-state index is 0.0644. The molecule has 1 atom stereocenters. The number of nitrogens with zero attached hydrogens (tertiary/aromatic N) is 1. The fourth-order valence-electron chi connectivity index (χ4n) is 2.68. The van der Waals surface area contributed by atoms with Crippen molar-refractivity contribution < 1.29 is 4.79 Å². The van der Waals surface area contributed by atoms with Crippen molar-refractivity contribution in [3.8, 4) is 0 Å². The molecule has 106 valence electrons. The van der Waals surface area contributed by atoms with Crippen LogP contribution < -0.4 is 5.32 Å². The van der Waals surface area contributed by atoms with Crippen molar-refractivity contribution in [1.29, 1.82) is 0 Å². The number of amides is 1. The Morgan fingerprint density at radius 3 is 2.33 bits per heavy atom. The van der Waals surface area contributed by atoms with Crippen LogP contribution in [0.4, 0.5) is 0 Å². The van der Waals surface area contributed by atoms with Gasteiger partial charge in [0.15, 0.2) is 0 Å². The van der Waals surface area contributed by atoms with Gasteiger partial charge in [0, 0.05) is 30.6 Å². The smallest absolute Gasteiger partial charge is 0.226 e. The molecule has 0 saturated carbocycles. The summed E-state index contributed by atoms with van der Waals surface area (Å²) in [4.78, 5) is 14.8. The van der Waals surface area contributed by atoms with Crippen molar-refractivity contribution in [3.05, 3.63) is 0 Å². The molecule has 3 heteroatoms. The first-order chi connectivity index (χ1) is 8.33. The van der Waals surface area contributed by atoms with Gasteiger partial charge in [-0.3, -0.25) is 4.79 Å². The summed E-state index contributed by atoms with van der Waals surface area (Å²) in [6.07, 6.45) is 1.89. The van der Waals surface area contributed by atoms with E-state index in [1.165, 1.54) is 0 Å². The summed E-state index contributed by atoms with van der Waals surface area (Å²) in [5.41, 5.74) is -0.0644. The topological polar surface area (TPSA) is 32.3 Å². The average Bonchev–Trinajstić information content (AvgIpc) is 2.29. The summed E-state index contributed by atoms with van der Waals surface area (Å²) in [5.74, 6) is 1.10. The van der Waals surface area contributed by atoms with E-state index in [4.69, 9.17) is 0 Å². The second-order valence-corrected chi connectivity index (χ2v) is 6.51. The first-order valence-corrected chi connectivity index (χ1v) is 7.38. The van der Waals surface area contributed by atoms with Crippen molar-refractivity contribution in [3.63, 3.8) is 0 Å². The zero-order chi connectivity index (χ0) is 13.9. The molecule has 1 aliphatic heterocycles. The van der Waals surface area contributed by atoms with E-state index in [0.717, 1.165) is 25.9 Å². The van der Waals surface area contributed by atoms with Gasteiger partial charge in [0.1, 0.15) is 0 Å². The van der Waals surface area contributed by atoms with Crippen LogP contribution in [-0.4, -0.2) is 35.5 Å². The maximum atomic E-state index is 12.6. The largest absolute Gasteiger partial charge is 0.334 e. The van der Waals surface area contributed by atoms with E-state index in [1.54, 1.807) is 0 Å². The third-order valence-corrected chi connectivity index (χ3v) is 4.31. The molecule has 3 nitrogen and oxygen atoms in total. The fourth-order valence-corrected chi connectivity index (χ4v) is 2.68. The zero-order valence-corrected chi connectivity index (χ0v) is 12.9. The summed E-state index contributed by atoms with van der Waals surface area (Å²) in [5, 5.41) is 3.57. The fraction of sp³-hybridized carbons (Fsp3) is 0.933. The van der Waals surface area contributed by atoms with Crippen LogP contribution in [0.25, 0.3) is 0 Å². The van der Waals surface area contributed by atoms with E-state index in [9.17, 15) is 4.79 Å². The number of nitrogens with one attached hydrogen (secondary N) is 1. The Bertz CT molecular complexity index is 282. The van der Waals surface area contributed by atoms with Crippen LogP contribution in [0.1, 0.15) is 54.4 Å². The van der Waals surface area contributed by atoms with E-state index in [1.807, 2.05) is 0 Å². The molecule has 1 fully saturated rings. The molecule has 18 heavy (non-hydrogen) atoms. The first kappa shape index (κ1) is 15.5. The molecule has 0 bridgehead atoms. The van der Waals surface area contributed by atoms with Crippen molar-refractivity contribution in [2.75, 3.05) is 13.1 Å². The Hall–Kier alpha value is -0.570. The summed E-state index contributed by atoms with van der Waals surface area (Å²) in [7, 11) is 0. The maximum Gasteiger partial charge on any atom is 0.226 e. The standard InChI is InChI=1S/C15H30N2O/c1-7-12(8-2)14(18)17-9-13(11(3)4)16-10-15(17,5)6/h11-13,16H,7-10H2,1-6H3. The molecule has 0 aromatic rings. The van der Waals surface area contributed by atoms with E-state index in [2.05, 4.69) is 51.8 Å². The van der Waals surface area contributed by atoms with Gasteiger partial charge in [-0.15, -0.1) is 0 Å². The van der Waals surface area contributed by atoms with E-state index in [0.29, 0.717) is 17.9 Å². The van der Waals surface area contributed by atoms with Gasteiger partial charge in [-0.25, -0.2) is 0 Å². The lowest BCUT2D eigenvalue weighted by Gasteiger charge is -2.48. The number of carbonyl (C=O) groups is 1. The van der Waals surface area contributed by atoms with Gasteiger partial charge in [-0.2, -0.15) is 0 Å². The highest BCUT2D eigenvalue weighted by molar-refractivity contribution is 5.79. The third kappa shape index (κ3) is 3.25. The molecule has 1 rings (SSSR count). The van der Waals surface area contributed by atoms with Crippen LogP contribution in [0.3, 0.4) is 0 Å². The molecule has 1 amide bonds. The number of rotatable bonds is 4. The number of hydrogen-bond acceptors (Lipinski definition) is 2. The van der Waals surface area contributed by atoms with Crippen LogP contribution in [0.5, 0.6) is 0 Å². The molecule has 0 aliphatic carbocycles. The van der Waals surface area contributed by atoms with E-state index in [-0.39, 0.29) is 11.5 Å². The summed E-state index contributed by atoms with van der Waals surface area (Å²) in [6.45, 7) is 14.7. The zero-order valence-electron chi connectivity index (χ0n) is 12.9. The first-order valence-electron chi connectivity index (χ1n) is 7.38. The second kappa shape index (κ2) is 6.05. The minimum atomic E-state index is -0.0644. The predicted octanol–water partition coefficient (Wildman–Crippen LogP) is 2.66. The Morgan fingerprint density at radius 2 is 1.89 bits per heavy atom. The molecule has 0 aromatic heterocycles. The molecular formula is C15H30N2O. The maximum absolute atomic E-state index is 12.6. The van der Waals surface area contributed by atoms with Crippen molar-refractivity contribution >= 4 is 5.91 Å². The van der Waals surface area contributed by atoms with Gasteiger partial charge < -0.3 is 10.2 Å². The van der Waals surface area contributed by atoms with Crippen molar-refractivity contribution in [2.24, 2.45) is 11.8 Å². The van der Waals surface area contributed by atoms with Crippen LogP contribution in [0.2, 0.25) is 0 Å². The van der Waals surface area contributed by atoms with Gasteiger partial charge in [0.2, 0.25) is 5.91 Å². The molecule has 1 unspecified atom stereocenters. The molecule has 0 radical (unpaired) electrons. The molecular weight excluding hydrogens is 224 g/mol. The molecule has 1 saturated heterocycles. The Labute approximate surface area is 112 Å². The quantitative estimate of drug-likeness (QED) is 0.836. The second-order valence-electron chi connectivity index (χ2n) is 6.51.